The summed E-state index contributed by atoms with van der Waals surface area (Å²) in [6, 6.07) is 10.7. The van der Waals surface area contributed by atoms with Crippen molar-refractivity contribution in [1.82, 2.24) is 20.2 Å². The van der Waals surface area contributed by atoms with Crippen molar-refractivity contribution in [2.75, 3.05) is 5.32 Å². The Labute approximate surface area is 132 Å². The SMILES string of the molecule is Cc1ccc(C2=C[C@H](c3cccs3)n3nnnc3N2)cc1C. The van der Waals surface area contributed by atoms with E-state index < -0.39 is 0 Å². The molecule has 22 heavy (non-hydrogen) atoms. The molecule has 1 aliphatic heterocycles. The van der Waals surface area contributed by atoms with Gasteiger partial charge < -0.3 is 5.32 Å². The monoisotopic (exact) mass is 309 g/mol. The first kappa shape index (κ1) is 13.2. The standard InChI is InChI=1S/C16H15N5S/c1-10-5-6-12(8-11(10)2)13-9-14(15-4-3-7-22-15)21-16(17-13)18-19-20-21/h3-9,14H,1-2H3,(H,17,18,20)/t14-/m1/s1. The van der Waals surface area contributed by atoms with Gasteiger partial charge in [0.25, 0.3) is 0 Å². The van der Waals surface area contributed by atoms with Crippen LogP contribution >= 0.6 is 11.3 Å². The fourth-order valence-electron chi connectivity index (χ4n) is 2.59. The van der Waals surface area contributed by atoms with Gasteiger partial charge in [-0.15, -0.1) is 11.3 Å². The molecule has 0 aliphatic carbocycles. The number of thiophene rings is 1. The van der Waals surface area contributed by atoms with E-state index in [9.17, 15) is 0 Å². The highest BCUT2D eigenvalue weighted by molar-refractivity contribution is 7.10. The van der Waals surface area contributed by atoms with Gasteiger partial charge in [0, 0.05) is 10.6 Å². The molecule has 0 saturated heterocycles. The number of nitrogens with one attached hydrogen (secondary N) is 1. The van der Waals surface area contributed by atoms with E-state index in [1.54, 1.807) is 11.3 Å². The van der Waals surface area contributed by atoms with Crippen LogP contribution in [0.3, 0.4) is 0 Å². The van der Waals surface area contributed by atoms with Crippen molar-refractivity contribution in [2.45, 2.75) is 19.9 Å². The Bertz CT molecular complexity index is 847. The molecule has 0 amide bonds. The fraction of sp³-hybridized carbons (Fsp3) is 0.188. The number of allylic oxidation sites excluding steroid dienone is 1. The quantitative estimate of drug-likeness (QED) is 0.788. The van der Waals surface area contributed by atoms with E-state index in [0.717, 1.165) is 11.3 Å². The molecule has 1 atom stereocenters. The predicted molar refractivity (Wildman–Crippen MR) is 87.8 cm³/mol. The van der Waals surface area contributed by atoms with Gasteiger partial charge in [-0.3, -0.25) is 0 Å². The second kappa shape index (κ2) is 5.06. The second-order valence-corrected chi connectivity index (χ2v) is 6.39. The van der Waals surface area contributed by atoms with Gasteiger partial charge in [0.1, 0.15) is 6.04 Å². The van der Waals surface area contributed by atoms with Crippen molar-refractivity contribution in [3.05, 3.63) is 63.4 Å². The summed E-state index contributed by atoms with van der Waals surface area (Å²) < 4.78 is 1.82. The average molecular weight is 309 g/mol. The number of nitrogens with zero attached hydrogens (tertiary/aromatic N) is 4. The number of tetrazole rings is 1. The highest BCUT2D eigenvalue weighted by Crippen LogP contribution is 2.33. The van der Waals surface area contributed by atoms with Crippen molar-refractivity contribution >= 4 is 23.0 Å². The van der Waals surface area contributed by atoms with Gasteiger partial charge in [-0.05, 0) is 64.6 Å². The van der Waals surface area contributed by atoms with Gasteiger partial charge in [-0.1, -0.05) is 23.3 Å². The van der Waals surface area contributed by atoms with E-state index >= 15 is 0 Å². The van der Waals surface area contributed by atoms with Crippen molar-refractivity contribution < 1.29 is 0 Å². The molecular weight excluding hydrogens is 294 g/mol. The molecule has 4 rings (SSSR count). The number of fused-ring (bicyclic) bond motifs is 1. The molecule has 3 heterocycles. The normalized spacial score (nSPS) is 16.8. The van der Waals surface area contributed by atoms with Crippen LogP contribution in [0.5, 0.6) is 0 Å². The molecular formula is C16H15N5S. The summed E-state index contributed by atoms with van der Waals surface area (Å²) in [5, 5.41) is 17.4. The molecule has 0 saturated carbocycles. The molecule has 1 N–H and O–H groups in total. The molecule has 0 bridgehead atoms. The molecule has 1 aromatic carbocycles. The van der Waals surface area contributed by atoms with E-state index in [4.69, 9.17) is 0 Å². The Hall–Kier alpha value is -2.47. The van der Waals surface area contributed by atoms with Gasteiger partial charge in [-0.2, -0.15) is 4.68 Å². The predicted octanol–water partition coefficient (Wildman–Crippen LogP) is 3.41. The van der Waals surface area contributed by atoms with Crippen LogP contribution in [0.25, 0.3) is 5.70 Å². The first-order chi connectivity index (χ1) is 10.7. The van der Waals surface area contributed by atoms with Crippen LogP contribution in [-0.4, -0.2) is 20.2 Å². The number of hydrogen-bond acceptors (Lipinski definition) is 5. The molecule has 3 aromatic rings. The number of benzene rings is 1. The van der Waals surface area contributed by atoms with Crippen LogP contribution in [0, 0.1) is 13.8 Å². The molecule has 1 aliphatic rings. The van der Waals surface area contributed by atoms with Crippen LogP contribution in [0.15, 0.2) is 41.8 Å². The van der Waals surface area contributed by atoms with Crippen molar-refractivity contribution in [3.63, 3.8) is 0 Å². The van der Waals surface area contributed by atoms with Crippen LogP contribution in [0.1, 0.15) is 27.6 Å². The largest absolute Gasteiger partial charge is 0.323 e. The summed E-state index contributed by atoms with van der Waals surface area (Å²) in [6.45, 7) is 4.25. The fourth-order valence-corrected chi connectivity index (χ4v) is 3.37. The van der Waals surface area contributed by atoms with Gasteiger partial charge in [0.05, 0.1) is 0 Å². The second-order valence-electron chi connectivity index (χ2n) is 5.41. The summed E-state index contributed by atoms with van der Waals surface area (Å²) in [6.07, 6.45) is 2.18. The molecule has 0 spiro atoms. The van der Waals surface area contributed by atoms with Crippen molar-refractivity contribution in [1.29, 1.82) is 0 Å². The average Bonchev–Trinajstić information content (AvgIpc) is 3.19. The van der Waals surface area contributed by atoms with E-state index in [-0.39, 0.29) is 6.04 Å². The van der Waals surface area contributed by atoms with Crippen LogP contribution < -0.4 is 5.32 Å². The maximum absolute atomic E-state index is 4.11. The van der Waals surface area contributed by atoms with Gasteiger partial charge in [0.2, 0.25) is 5.95 Å². The Morgan fingerprint density at radius 3 is 2.86 bits per heavy atom. The topological polar surface area (TPSA) is 55.6 Å². The van der Waals surface area contributed by atoms with E-state index in [2.05, 4.69) is 76.5 Å². The zero-order chi connectivity index (χ0) is 15.1. The minimum Gasteiger partial charge on any atom is -0.323 e. The highest BCUT2D eigenvalue weighted by atomic mass is 32.1. The minimum absolute atomic E-state index is 0.0304. The molecule has 6 heteroatoms. The lowest BCUT2D eigenvalue weighted by molar-refractivity contribution is 0.593. The van der Waals surface area contributed by atoms with Crippen molar-refractivity contribution in [2.24, 2.45) is 0 Å². The number of aryl methyl sites for hydroxylation is 2. The molecule has 2 aromatic heterocycles. The first-order valence-corrected chi connectivity index (χ1v) is 7.98. The zero-order valence-corrected chi connectivity index (χ0v) is 13.1. The molecule has 110 valence electrons. The smallest absolute Gasteiger partial charge is 0.248 e. The molecule has 0 radical (unpaired) electrons. The van der Waals surface area contributed by atoms with E-state index in [0.29, 0.717) is 5.95 Å². The number of anilines is 1. The van der Waals surface area contributed by atoms with Gasteiger partial charge in [-0.25, -0.2) is 0 Å². The zero-order valence-electron chi connectivity index (χ0n) is 12.3. The van der Waals surface area contributed by atoms with Gasteiger partial charge >= 0.3 is 0 Å². The third-order valence-corrected chi connectivity index (χ3v) is 4.92. The van der Waals surface area contributed by atoms with E-state index in [1.165, 1.54) is 16.0 Å². The number of rotatable bonds is 2. The van der Waals surface area contributed by atoms with Crippen LogP contribution in [-0.2, 0) is 0 Å². The van der Waals surface area contributed by atoms with Crippen LogP contribution in [0.2, 0.25) is 0 Å². The lowest BCUT2D eigenvalue weighted by atomic mass is 10.0. The molecule has 5 nitrogen and oxygen atoms in total. The third-order valence-electron chi connectivity index (χ3n) is 3.98. The summed E-state index contributed by atoms with van der Waals surface area (Å²) in [4.78, 5) is 1.22. The summed E-state index contributed by atoms with van der Waals surface area (Å²) in [5.74, 6) is 0.675. The Balaban J connectivity index is 1.81. The Kier molecular flexibility index (Phi) is 3.04. The van der Waals surface area contributed by atoms with Gasteiger partial charge in [0.15, 0.2) is 0 Å². The third kappa shape index (κ3) is 2.12. The van der Waals surface area contributed by atoms with Crippen LogP contribution in [0.4, 0.5) is 5.95 Å². The molecule has 0 unspecified atom stereocenters. The van der Waals surface area contributed by atoms with E-state index in [1.807, 2.05) is 4.68 Å². The summed E-state index contributed by atoms with van der Waals surface area (Å²) in [7, 11) is 0. The summed E-state index contributed by atoms with van der Waals surface area (Å²) in [5.41, 5.74) is 4.76. The Morgan fingerprint density at radius 2 is 2.09 bits per heavy atom. The van der Waals surface area contributed by atoms with Crippen molar-refractivity contribution in [3.8, 4) is 0 Å². The highest BCUT2D eigenvalue weighted by Gasteiger charge is 2.24. The number of hydrogen-bond donors (Lipinski definition) is 1. The first-order valence-electron chi connectivity index (χ1n) is 7.10. The lowest BCUT2D eigenvalue weighted by Crippen LogP contribution is -2.19. The minimum atomic E-state index is 0.0304. The number of aromatic nitrogens is 4. The lowest BCUT2D eigenvalue weighted by Gasteiger charge is -2.22. The maximum atomic E-state index is 4.11. The molecule has 0 fully saturated rings. The summed E-state index contributed by atoms with van der Waals surface area (Å²) >= 11 is 1.71. The Morgan fingerprint density at radius 1 is 1.18 bits per heavy atom. The maximum Gasteiger partial charge on any atom is 0.248 e.